The maximum absolute atomic E-state index is 2.24. The molecule has 0 aliphatic heterocycles. The first-order valence-corrected chi connectivity index (χ1v) is 9.27. The monoisotopic (exact) mass is 336 g/mol. The van der Waals surface area contributed by atoms with Crippen molar-refractivity contribution < 1.29 is 11.0 Å². The Kier molecular flexibility index (Phi) is 8.76. The van der Waals surface area contributed by atoms with E-state index in [1.165, 1.54) is 20.0 Å². The van der Waals surface area contributed by atoms with Crippen molar-refractivity contribution in [2.75, 3.05) is 0 Å². The molecule has 0 saturated carbocycles. The van der Waals surface area contributed by atoms with Crippen LogP contribution in [0.5, 0.6) is 0 Å². The SMILES string of the molecule is [OH-].[OH-].c1ccc([CH2][Sn+2][CH2]c2ccccc2)cc1. The van der Waals surface area contributed by atoms with Gasteiger partial charge in [0, 0.05) is 0 Å². The van der Waals surface area contributed by atoms with E-state index in [9.17, 15) is 0 Å². The van der Waals surface area contributed by atoms with Crippen molar-refractivity contribution >= 4 is 21.1 Å². The van der Waals surface area contributed by atoms with Gasteiger partial charge in [0.1, 0.15) is 0 Å². The molecule has 0 bridgehead atoms. The van der Waals surface area contributed by atoms with Gasteiger partial charge in [0.05, 0.1) is 0 Å². The first-order valence-electron chi connectivity index (χ1n) is 5.24. The first kappa shape index (κ1) is 16.2. The second-order valence-electron chi connectivity index (χ2n) is 3.57. The molecule has 0 atom stereocenters. The van der Waals surface area contributed by atoms with E-state index in [0.29, 0.717) is 0 Å². The molecule has 0 aromatic heterocycles. The Morgan fingerprint density at radius 1 is 0.588 bits per heavy atom. The average Bonchev–Trinajstić information content (AvgIpc) is 2.32. The fourth-order valence-electron chi connectivity index (χ4n) is 1.54. The zero-order valence-electron chi connectivity index (χ0n) is 9.58. The van der Waals surface area contributed by atoms with Crippen LogP contribution in [-0.4, -0.2) is 32.1 Å². The number of benzene rings is 2. The first-order chi connectivity index (χ1) is 7.45. The van der Waals surface area contributed by atoms with Gasteiger partial charge in [-0.15, -0.1) is 0 Å². The minimum atomic E-state index is -0.258. The van der Waals surface area contributed by atoms with Crippen LogP contribution in [0.3, 0.4) is 0 Å². The molecule has 3 heteroatoms. The predicted molar refractivity (Wildman–Crippen MR) is 69.9 cm³/mol. The van der Waals surface area contributed by atoms with Crippen molar-refractivity contribution in [1.29, 1.82) is 0 Å². The molecule has 2 aromatic carbocycles. The van der Waals surface area contributed by atoms with Crippen molar-refractivity contribution in [3.8, 4) is 0 Å². The van der Waals surface area contributed by atoms with Gasteiger partial charge in [-0.1, -0.05) is 0 Å². The topological polar surface area (TPSA) is 60.0 Å². The van der Waals surface area contributed by atoms with E-state index < -0.39 is 0 Å². The van der Waals surface area contributed by atoms with Crippen LogP contribution in [0.2, 0.25) is 0 Å². The molecule has 2 nitrogen and oxygen atoms in total. The molecule has 88 valence electrons. The van der Waals surface area contributed by atoms with Crippen LogP contribution in [-0.2, 0) is 8.87 Å². The van der Waals surface area contributed by atoms with E-state index >= 15 is 0 Å². The second kappa shape index (κ2) is 9.22. The Morgan fingerprint density at radius 2 is 0.941 bits per heavy atom. The number of hydrogen-bond acceptors (Lipinski definition) is 2. The molecule has 0 saturated heterocycles. The molecule has 0 spiro atoms. The van der Waals surface area contributed by atoms with Crippen LogP contribution in [0.25, 0.3) is 0 Å². The van der Waals surface area contributed by atoms with E-state index in [4.69, 9.17) is 0 Å². The Bertz CT molecular complexity index is 350. The number of hydrogen-bond donors (Lipinski definition) is 0. The fourth-order valence-corrected chi connectivity index (χ4v) is 4.89. The quantitative estimate of drug-likeness (QED) is 0.807. The van der Waals surface area contributed by atoms with E-state index in [-0.39, 0.29) is 32.1 Å². The van der Waals surface area contributed by atoms with Crippen molar-refractivity contribution in [3.63, 3.8) is 0 Å². The van der Waals surface area contributed by atoms with Gasteiger partial charge in [-0.3, -0.25) is 0 Å². The molecule has 0 fully saturated rings. The summed E-state index contributed by atoms with van der Waals surface area (Å²) in [5.41, 5.74) is 3.03. The van der Waals surface area contributed by atoms with Gasteiger partial charge in [0.25, 0.3) is 0 Å². The van der Waals surface area contributed by atoms with Crippen LogP contribution in [0.4, 0.5) is 0 Å². The van der Waals surface area contributed by atoms with Gasteiger partial charge in [0.15, 0.2) is 0 Å². The second-order valence-corrected chi connectivity index (χ2v) is 7.02. The van der Waals surface area contributed by atoms with Crippen molar-refractivity contribution in [1.82, 2.24) is 0 Å². The van der Waals surface area contributed by atoms with Crippen LogP contribution in [0, 0.1) is 0 Å². The van der Waals surface area contributed by atoms with Gasteiger partial charge in [-0.25, -0.2) is 0 Å². The summed E-state index contributed by atoms with van der Waals surface area (Å²) in [6.07, 6.45) is 0. The van der Waals surface area contributed by atoms with Gasteiger partial charge in [0.2, 0.25) is 0 Å². The van der Waals surface area contributed by atoms with Gasteiger partial charge in [-0.05, 0) is 0 Å². The Labute approximate surface area is 113 Å². The summed E-state index contributed by atoms with van der Waals surface area (Å²) in [5, 5.41) is 0. The molecule has 2 rings (SSSR count). The molecule has 0 aliphatic rings. The summed E-state index contributed by atoms with van der Waals surface area (Å²) in [4.78, 5) is 0. The molecule has 17 heavy (non-hydrogen) atoms. The zero-order valence-corrected chi connectivity index (χ0v) is 12.4. The Morgan fingerprint density at radius 3 is 1.29 bits per heavy atom. The third-order valence-electron chi connectivity index (χ3n) is 2.34. The molecule has 0 radical (unpaired) electrons. The molecule has 0 unspecified atom stereocenters. The van der Waals surface area contributed by atoms with Crippen molar-refractivity contribution in [2.45, 2.75) is 8.87 Å². The van der Waals surface area contributed by atoms with Crippen LogP contribution >= 0.6 is 0 Å². The standard InChI is InChI=1S/2C7H7.2H2O.Sn/c2*1-7-5-3-2-4-6-7;;;/h2*2-6H,1H2;2*1H2;/q;;;;+2/p-2. The summed E-state index contributed by atoms with van der Waals surface area (Å²) < 4.78 is 2.69. The predicted octanol–water partition coefficient (Wildman–Crippen LogP) is 2.74. The summed E-state index contributed by atoms with van der Waals surface area (Å²) in [6, 6.07) is 21.7. The number of rotatable bonds is 4. The van der Waals surface area contributed by atoms with Gasteiger partial charge < -0.3 is 11.0 Å². The van der Waals surface area contributed by atoms with Crippen LogP contribution in [0.15, 0.2) is 60.7 Å². The average molecular weight is 335 g/mol. The summed E-state index contributed by atoms with van der Waals surface area (Å²) in [7, 11) is 0. The van der Waals surface area contributed by atoms with Gasteiger partial charge in [-0.2, -0.15) is 0 Å². The van der Waals surface area contributed by atoms with Crippen LogP contribution in [0.1, 0.15) is 11.1 Å². The van der Waals surface area contributed by atoms with Gasteiger partial charge >= 0.3 is 102 Å². The maximum atomic E-state index is 2.24. The van der Waals surface area contributed by atoms with E-state index in [1.807, 2.05) is 0 Å². The minimum absolute atomic E-state index is 0. The van der Waals surface area contributed by atoms with Crippen LogP contribution < -0.4 is 0 Å². The molecule has 2 aromatic rings. The van der Waals surface area contributed by atoms with E-state index in [1.54, 1.807) is 0 Å². The molecular formula is C14H16O2Sn. The Hall–Kier alpha value is -0.841. The molecular weight excluding hydrogens is 319 g/mol. The fraction of sp³-hybridized carbons (Fsp3) is 0.143. The van der Waals surface area contributed by atoms with E-state index in [2.05, 4.69) is 60.7 Å². The summed E-state index contributed by atoms with van der Waals surface area (Å²) in [5.74, 6) is 0. The third-order valence-corrected chi connectivity index (χ3v) is 6.10. The molecule has 2 N–H and O–H groups in total. The molecule has 0 aliphatic carbocycles. The Balaban J connectivity index is 0.00000128. The van der Waals surface area contributed by atoms with E-state index in [0.717, 1.165) is 0 Å². The van der Waals surface area contributed by atoms with Crippen molar-refractivity contribution in [3.05, 3.63) is 71.8 Å². The van der Waals surface area contributed by atoms with Crippen molar-refractivity contribution in [2.24, 2.45) is 0 Å². The normalized spacial score (nSPS) is 8.47. The molecule has 0 heterocycles. The molecule has 0 amide bonds. The zero-order chi connectivity index (χ0) is 10.3. The summed E-state index contributed by atoms with van der Waals surface area (Å²) >= 11 is -0.258. The summed E-state index contributed by atoms with van der Waals surface area (Å²) in [6.45, 7) is 0. The third kappa shape index (κ3) is 5.86.